The first-order chi connectivity index (χ1) is 9.20. The topological polar surface area (TPSA) is 46.3 Å². The highest BCUT2D eigenvalue weighted by Crippen LogP contribution is 2.09. The molecule has 0 spiro atoms. The van der Waals surface area contributed by atoms with E-state index in [2.05, 4.69) is 0 Å². The van der Waals surface area contributed by atoms with Crippen LogP contribution in [0.1, 0.15) is 21.5 Å². The van der Waals surface area contributed by atoms with Gasteiger partial charge in [-0.1, -0.05) is 42.5 Å². The Morgan fingerprint density at radius 2 is 1.63 bits per heavy atom. The first kappa shape index (κ1) is 13.3. The van der Waals surface area contributed by atoms with Crippen molar-refractivity contribution >= 4 is 5.91 Å². The summed E-state index contributed by atoms with van der Waals surface area (Å²) in [4.78, 5) is 14.0. The molecule has 0 saturated heterocycles. The highest BCUT2D eigenvalue weighted by atomic mass is 16.2. The Balaban J connectivity index is 2.06. The van der Waals surface area contributed by atoms with Crippen LogP contribution < -0.4 is 5.73 Å². The van der Waals surface area contributed by atoms with Gasteiger partial charge in [0.2, 0.25) is 0 Å². The number of hydrogen-bond acceptors (Lipinski definition) is 2. The summed E-state index contributed by atoms with van der Waals surface area (Å²) in [5.74, 6) is 0.0208. The Kier molecular flexibility index (Phi) is 4.31. The molecule has 0 atom stereocenters. The lowest BCUT2D eigenvalue weighted by atomic mass is 10.1. The van der Waals surface area contributed by atoms with Gasteiger partial charge in [-0.15, -0.1) is 0 Å². The van der Waals surface area contributed by atoms with E-state index in [0.717, 1.165) is 11.1 Å². The van der Waals surface area contributed by atoms with Crippen molar-refractivity contribution < 1.29 is 4.79 Å². The molecule has 0 saturated carbocycles. The standard InChI is InChI=1S/C16H18N2O/c1-18(12-14-5-3-2-4-6-14)16(19)15-9-7-13(11-17)8-10-15/h2-10H,11-12,17H2,1H3. The van der Waals surface area contributed by atoms with Gasteiger partial charge in [-0.25, -0.2) is 0 Å². The maximum Gasteiger partial charge on any atom is 0.253 e. The van der Waals surface area contributed by atoms with Crippen molar-refractivity contribution in [2.24, 2.45) is 5.73 Å². The molecule has 0 fully saturated rings. The third kappa shape index (κ3) is 3.42. The summed E-state index contributed by atoms with van der Waals surface area (Å²) in [7, 11) is 1.81. The molecule has 2 N–H and O–H groups in total. The second-order valence-electron chi connectivity index (χ2n) is 4.55. The quantitative estimate of drug-likeness (QED) is 0.910. The predicted octanol–water partition coefficient (Wildman–Crippen LogP) is 2.42. The molecule has 0 heterocycles. The van der Waals surface area contributed by atoms with Crippen LogP contribution >= 0.6 is 0 Å². The second kappa shape index (κ2) is 6.16. The SMILES string of the molecule is CN(Cc1ccccc1)C(=O)c1ccc(CN)cc1. The van der Waals surface area contributed by atoms with Crippen LogP contribution in [0.2, 0.25) is 0 Å². The summed E-state index contributed by atoms with van der Waals surface area (Å²) in [6, 6.07) is 17.4. The molecule has 2 aromatic rings. The summed E-state index contributed by atoms with van der Waals surface area (Å²) >= 11 is 0. The number of carbonyl (C=O) groups is 1. The highest BCUT2D eigenvalue weighted by Gasteiger charge is 2.11. The zero-order chi connectivity index (χ0) is 13.7. The number of nitrogens with zero attached hydrogens (tertiary/aromatic N) is 1. The van der Waals surface area contributed by atoms with Crippen LogP contribution in [0.25, 0.3) is 0 Å². The van der Waals surface area contributed by atoms with Crippen molar-refractivity contribution in [2.45, 2.75) is 13.1 Å². The summed E-state index contributed by atoms with van der Waals surface area (Å²) in [5.41, 5.74) is 8.39. The normalized spacial score (nSPS) is 10.2. The van der Waals surface area contributed by atoms with E-state index in [1.807, 2.05) is 61.6 Å². The van der Waals surface area contributed by atoms with Gasteiger partial charge in [0.15, 0.2) is 0 Å². The van der Waals surface area contributed by atoms with Crippen LogP contribution in [0.5, 0.6) is 0 Å². The van der Waals surface area contributed by atoms with Gasteiger partial charge < -0.3 is 10.6 Å². The van der Waals surface area contributed by atoms with Crippen LogP contribution in [0.4, 0.5) is 0 Å². The fourth-order valence-electron chi connectivity index (χ4n) is 1.93. The predicted molar refractivity (Wildman–Crippen MR) is 76.6 cm³/mol. The van der Waals surface area contributed by atoms with Crippen LogP contribution in [0.15, 0.2) is 54.6 Å². The number of benzene rings is 2. The second-order valence-corrected chi connectivity index (χ2v) is 4.55. The summed E-state index contributed by atoms with van der Waals surface area (Å²) in [6.07, 6.45) is 0. The van der Waals surface area contributed by atoms with Crippen LogP contribution in [0, 0.1) is 0 Å². The van der Waals surface area contributed by atoms with E-state index >= 15 is 0 Å². The lowest BCUT2D eigenvalue weighted by molar-refractivity contribution is 0.0785. The minimum absolute atomic E-state index is 0.0208. The lowest BCUT2D eigenvalue weighted by Crippen LogP contribution is -2.26. The van der Waals surface area contributed by atoms with E-state index in [1.54, 1.807) is 4.90 Å². The van der Waals surface area contributed by atoms with E-state index < -0.39 is 0 Å². The van der Waals surface area contributed by atoms with Gasteiger partial charge >= 0.3 is 0 Å². The number of hydrogen-bond donors (Lipinski definition) is 1. The zero-order valence-corrected chi connectivity index (χ0v) is 11.0. The minimum atomic E-state index is 0.0208. The Labute approximate surface area is 113 Å². The van der Waals surface area contributed by atoms with E-state index in [1.165, 1.54) is 0 Å². The van der Waals surface area contributed by atoms with E-state index in [0.29, 0.717) is 18.7 Å². The lowest BCUT2D eigenvalue weighted by Gasteiger charge is -2.17. The first-order valence-electron chi connectivity index (χ1n) is 6.29. The zero-order valence-electron chi connectivity index (χ0n) is 11.0. The Hall–Kier alpha value is -2.13. The monoisotopic (exact) mass is 254 g/mol. The average Bonchev–Trinajstić information content (AvgIpc) is 2.47. The number of nitrogens with two attached hydrogens (primary N) is 1. The Morgan fingerprint density at radius 3 is 2.21 bits per heavy atom. The summed E-state index contributed by atoms with van der Waals surface area (Å²) < 4.78 is 0. The van der Waals surface area contributed by atoms with Gasteiger partial charge in [-0.05, 0) is 23.3 Å². The first-order valence-corrected chi connectivity index (χ1v) is 6.29. The van der Waals surface area contributed by atoms with E-state index in [9.17, 15) is 4.79 Å². The molecule has 19 heavy (non-hydrogen) atoms. The third-order valence-electron chi connectivity index (χ3n) is 3.05. The molecular weight excluding hydrogens is 236 g/mol. The largest absolute Gasteiger partial charge is 0.337 e. The Morgan fingerprint density at radius 1 is 1.00 bits per heavy atom. The molecular formula is C16H18N2O. The molecule has 2 rings (SSSR count). The van der Waals surface area contributed by atoms with E-state index in [-0.39, 0.29) is 5.91 Å². The van der Waals surface area contributed by atoms with Crippen molar-refractivity contribution in [3.63, 3.8) is 0 Å². The van der Waals surface area contributed by atoms with Crippen LogP contribution in [0.3, 0.4) is 0 Å². The number of amides is 1. The summed E-state index contributed by atoms with van der Waals surface area (Å²) in [5, 5.41) is 0. The molecule has 98 valence electrons. The fourth-order valence-corrected chi connectivity index (χ4v) is 1.93. The Bertz CT molecular complexity index is 534. The maximum absolute atomic E-state index is 12.2. The van der Waals surface area contributed by atoms with E-state index in [4.69, 9.17) is 5.73 Å². The molecule has 0 unspecified atom stereocenters. The maximum atomic E-state index is 12.2. The smallest absolute Gasteiger partial charge is 0.253 e. The molecule has 0 aromatic heterocycles. The molecule has 3 nitrogen and oxygen atoms in total. The van der Waals surface area contributed by atoms with Crippen molar-refractivity contribution in [3.05, 3.63) is 71.3 Å². The third-order valence-corrected chi connectivity index (χ3v) is 3.05. The number of rotatable bonds is 4. The van der Waals surface area contributed by atoms with Crippen molar-refractivity contribution in [1.29, 1.82) is 0 Å². The molecule has 3 heteroatoms. The molecule has 0 aliphatic heterocycles. The van der Waals surface area contributed by atoms with Gasteiger partial charge in [-0.2, -0.15) is 0 Å². The molecule has 0 aliphatic carbocycles. The van der Waals surface area contributed by atoms with Crippen LogP contribution in [-0.2, 0) is 13.1 Å². The van der Waals surface area contributed by atoms with Crippen LogP contribution in [-0.4, -0.2) is 17.9 Å². The van der Waals surface area contributed by atoms with Gasteiger partial charge in [0, 0.05) is 25.7 Å². The number of carbonyl (C=O) groups excluding carboxylic acids is 1. The minimum Gasteiger partial charge on any atom is -0.337 e. The van der Waals surface area contributed by atoms with Crippen molar-refractivity contribution in [3.8, 4) is 0 Å². The van der Waals surface area contributed by atoms with Gasteiger partial charge in [-0.3, -0.25) is 4.79 Å². The molecule has 0 bridgehead atoms. The van der Waals surface area contributed by atoms with Gasteiger partial charge in [0.05, 0.1) is 0 Å². The van der Waals surface area contributed by atoms with Gasteiger partial charge in [0.1, 0.15) is 0 Å². The molecule has 0 radical (unpaired) electrons. The van der Waals surface area contributed by atoms with Gasteiger partial charge in [0.25, 0.3) is 5.91 Å². The molecule has 2 aromatic carbocycles. The average molecular weight is 254 g/mol. The highest BCUT2D eigenvalue weighted by molar-refractivity contribution is 5.94. The molecule has 0 aliphatic rings. The van der Waals surface area contributed by atoms with Crippen molar-refractivity contribution in [1.82, 2.24) is 4.90 Å². The molecule has 1 amide bonds. The van der Waals surface area contributed by atoms with Crippen molar-refractivity contribution in [2.75, 3.05) is 7.05 Å². The summed E-state index contributed by atoms with van der Waals surface area (Å²) in [6.45, 7) is 1.10. The fraction of sp³-hybridized carbons (Fsp3) is 0.188.